The highest BCUT2D eigenvalue weighted by atomic mass is 15.2. The van der Waals surface area contributed by atoms with Gasteiger partial charge in [0.1, 0.15) is 11.6 Å². The van der Waals surface area contributed by atoms with E-state index in [1.165, 1.54) is 22.3 Å². The smallest absolute Gasteiger partial charge is 0.188 e. The van der Waals surface area contributed by atoms with Gasteiger partial charge in [-0.25, -0.2) is 9.83 Å². The molecule has 47 heavy (non-hydrogen) atoms. The van der Waals surface area contributed by atoms with Gasteiger partial charge < -0.3 is 0 Å². The molecule has 1 aliphatic rings. The fourth-order valence-electron chi connectivity index (χ4n) is 7.49. The van der Waals surface area contributed by atoms with Crippen molar-refractivity contribution in [1.82, 2.24) is 14.5 Å². The van der Waals surface area contributed by atoms with E-state index in [4.69, 9.17) is 11.6 Å². The molecule has 5 aromatic carbocycles. The summed E-state index contributed by atoms with van der Waals surface area (Å²) in [5.41, 5.74) is 9.01. The van der Waals surface area contributed by atoms with Crippen molar-refractivity contribution in [3.8, 4) is 5.82 Å². The fraction of sp³-hybridized carbons (Fsp3) is 0.0238. The summed E-state index contributed by atoms with van der Waals surface area (Å²) in [5.74, 6) is 1.61. The number of hydrogen-bond donors (Lipinski definition) is 0. The van der Waals surface area contributed by atoms with Gasteiger partial charge in [0.15, 0.2) is 5.69 Å². The molecule has 0 fully saturated rings. The highest BCUT2D eigenvalue weighted by Crippen LogP contribution is 2.57. The van der Waals surface area contributed by atoms with Gasteiger partial charge in [-0.05, 0) is 70.1 Å². The van der Waals surface area contributed by atoms with Crippen molar-refractivity contribution < 1.29 is 0 Å². The first-order valence-corrected chi connectivity index (χ1v) is 15.6. The third-order valence-corrected chi connectivity index (χ3v) is 9.37. The standard InChI is InChI=1S/C42H27N5/c1-43-31-23-24-36-32(27-31)33-28-44-26-25-37(33)46(36)40-21-12-22-41(45-40)47-38-19-10-8-17-34(38)42(29-13-4-2-5-14-29,30-15-6-3-7-16-30)35-18-9-11-20-39(35)47/h2-28H. The predicted octanol–water partition coefficient (Wildman–Crippen LogP) is 10.3. The van der Waals surface area contributed by atoms with Gasteiger partial charge in [0.25, 0.3) is 0 Å². The van der Waals surface area contributed by atoms with Crippen molar-refractivity contribution in [2.75, 3.05) is 4.90 Å². The van der Waals surface area contributed by atoms with E-state index in [0.29, 0.717) is 5.69 Å². The molecule has 3 aromatic heterocycles. The summed E-state index contributed by atoms with van der Waals surface area (Å²) in [5, 5.41) is 1.97. The zero-order chi connectivity index (χ0) is 31.4. The lowest BCUT2D eigenvalue weighted by Crippen LogP contribution is -2.37. The molecular weight excluding hydrogens is 574 g/mol. The van der Waals surface area contributed by atoms with Crippen LogP contribution in [0.3, 0.4) is 0 Å². The molecule has 5 heteroatoms. The maximum atomic E-state index is 7.58. The van der Waals surface area contributed by atoms with E-state index in [1.54, 1.807) is 6.20 Å². The summed E-state index contributed by atoms with van der Waals surface area (Å²) >= 11 is 0. The minimum Gasteiger partial charge on any atom is -0.294 e. The lowest BCUT2D eigenvalue weighted by molar-refractivity contribution is 0.730. The zero-order valence-corrected chi connectivity index (χ0v) is 25.3. The third kappa shape index (κ3) is 3.89. The maximum Gasteiger partial charge on any atom is 0.188 e. The van der Waals surface area contributed by atoms with E-state index in [9.17, 15) is 0 Å². The number of hydrogen-bond acceptors (Lipinski definition) is 3. The Labute approximate surface area is 272 Å². The minimum absolute atomic E-state index is 0.537. The van der Waals surface area contributed by atoms with Crippen molar-refractivity contribution in [2.45, 2.75) is 5.41 Å². The number of benzene rings is 5. The summed E-state index contributed by atoms with van der Waals surface area (Å²) in [6, 6.07) is 53.1. The Kier molecular flexibility index (Phi) is 6.02. The van der Waals surface area contributed by atoms with Gasteiger partial charge in [0.05, 0.1) is 34.4 Å². The molecule has 0 radical (unpaired) electrons. The van der Waals surface area contributed by atoms with Gasteiger partial charge in [-0.3, -0.25) is 14.5 Å². The molecule has 0 atom stereocenters. The van der Waals surface area contributed by atoms with Crippen LogP contribution in [0, 0.1) is 6.57 Å². The Hall–Kier alpha value is -6.51. The molecule has 9 rings (SSSR count). The van der Waals surface area contributed by atoms with Crippen LogP contribution in [-0.2, 0) is 5.41 Å². The Morgan fingerprint density at radius 2 is 1.15 bits per heavy atom. The van der Waals surface area contributed by atoms with Gasteiger partial charge in [0, 0.05) is 17.8 Å². The molecule has 4 heterocycles. The van der Waals surface area contributed by atoms with E-state index in [-0.39, 0.29) is 0 Å². The van der Waals surface area contributed by atoms with E-state index in [0.717, 1.165) is 44.8 Å². The molecule has 220 valence electrons. The largest absolute Gasteiger partial charge is 0.294 e. The number of para-hydroxylation sites is 2. The van der Waals surface area contributed by atoms with Crippen LogP contribution in [0.4, 0.5) is 22.9 Å². The van der Waals surface area contributed by atoms with Crippen LogP contribution < -0.4 is 4.90 Å². The molecular formula is C42H27N5. The van der Waals surface area contributed by atoms with Crippen molar-refractivity contribution in [3.63, 3.8) is 0 Å². The maximum absolute atomic E-state index is 7.58. The molecule has 0 aliphatic carbocycles. The molecule has 0 saturated carbocycles. The highest BCUT2D eigenvalue weighted by molar-refractivity contribution is 6.09. The van der Waals surface area contributed by atoms with Crippen molar-refractivity contribution in [2.24, 2.45) is 0 Å². The van der Waals surface area contributed by atoms with Gasteiger partial charge in [-0.2, -0.15) is 0 Å². The van der Waals surface area contributed by atoms with Gasteiger partial charge in [0.2, 0.25) is 0 Å². The molecule has 0 unspecified atom stereocenters. The van der Waals surface area contributed by atoms with E-state index >= 15 is 0 Å². The van der Waals surface area contributed by atoms with Crippen LogP contribution >= 0.6 is 0 Å². The monoisotopic (exact) mass is 601 g/mol. The Balaban J connectivity index is 1.31. The first-order chi connectivity index (χ1) is 23.3. The summed E-state index contributed by atoms with van der Waals surface area (Å²) < 4.78 is 2.17. The molecule has 0 saturated heterocycles. The van der Waals surface area contributed by atoms with Crippen LogP contribution in [0.2, 0.25) is 0 Å². The van der Waals surface area contributed by atoms with Crippen LogP contribution in [0.5, 0.6) is 0 Å². The number of rotatable bonds is 4. The topological polar surface area (TPSA) is 38.3 Å². The minimum atomic E-state index is -0.537. The average Bonchev–Trinajstić information content (AvgIpc) is 3.48. The first kappa shape index (κ1) is 26.9. The number of pyridine rings is 2. The Bertz CT molecular complexity index is 2400. The van der Waals surface area contributed by atoms with Gasteiger partial charge in [-0.15, -0.1) is 0 Å². The molecule has 0 amide bonds. The number of nitrogens with zero attached hydrogens (tertiary/aromatic N) is 5. The first-order valence-electron chi connectivity index (χ1n) is 15.6. The molecule has 1 aliphatic heterocycles. The van der Waals surface area contributed by atoms with E-state index in [1.807, 2.05) is 36.5 Å². The normalized spacial score (nSPS) is 13.2. The van der Waals surface area contributed by atoms with Crippen molar-refractivity contribution in [1.29, 1.82) is 0 Å². The number of anilines is 3. The lowest BCUT2D eigenvalue weighted by Gasteiger charge is -2.46. The zero-order valence-electron chi connectivity index (χ0n) is 25.3. The molecule has 0 N–H and O–H groups in total. The van der Waals surface area contributed by atoms with Crippen LogP contribution in [0.15, 0.2) is 164 Å². The quantitative estimate of drug-likeness (QED) is 0.188. The van der Waals surface area contributed by atoms with Gasteiger partial charge in [-0.1, -0.05) is 109 Å². The number of fused-ring (bicyclic) bond motifs is 5. The van der Waals surface area contributed by atoms with Crippen LogP contribution in [-0.4, -0.2) is 14.5 Å². The molecule has 0 spiro atoms. The molecule has 0 bridgehead atoms. The lowest BCUT2D eigenvalue weighted by atomic mass is 9.62. The summed E-state index contributed by atoms with van der Waals surface area (Å²) in [7, 11) is 0. The fourth-order valence-corrected chi connectivity index (χ4v) is 7.49. The highest BCUT2D eigenvalue weighted by Gasteiger charge is 2.46. The molecule has 5 nitrogen and oxygen atoms in total. The SMILES string of the molecule is [C-]#[N+]c1ccc2c(c1)c1cnccc1n2-c1cccc(N2c3ccccc3C(c3ccccc3)(c3ccccc3)c3ccccc32)n1. The van der Waals surface area contributed by atoms with Crippen LogP contribution in [0.25, 0.3) is 32.5 Å². The van der Waals surface area contributed by atoms with E-state index < -0.39 is 5.41 Å². The second-order valence-electron chi connectivity index (χ2n) is 11.7. The van der Waals surface area contributed by atoms with Gasteiger partial charge >= 0.3 is 0 Å². The summed E-state index contributed by atoms with van der Waals surface area (Å²) in [4.78, 5) is 15.8. The van der Waals surface area contributed by atoms with Crippen molar-refractivity contribution in [3.05, 3.63) is 198 Å². The molecule has 8 aromatic rings. The Morgan fingerprint density at radius 3 is 1.81 bits per heavy atom. The summed E-state index contributed by atoms with van der Waals surface area (Å²) in [6.45, 7) is 7.58. The second kappa shape index (κ2) is 10.5. The predicted molar refractivity (Wildman–Crippen MR) is 189 cm³/mol. The average molecular weight is 602 g/mol. The number of aromatic nitrogens is 3. The summed E-state index contributed by atoms with van der Waals surface area (Å²) in [6.07, 6.45) is 3.68. The van der Waals surface area contributed by atoms with Crippen molar-refractivity contribution >= 4 is 44.7 Å². The Morgan fingerprint density at radius 1 is 0.553 bits per heavy atom. The second-order valence-corrected chi connectivity index (χ2v) is 11.7. The third-order valence-electron chi connectivity index (χ3n) is 9.37. The van der Waals surface area contributed by atoms with E-state index in [2.05, 4.69) is 141 Å². The van der Waals surface area contributed by atoms with Crippen LogP contribution in [0.1, 0.15) is 22.3 Å².